The number of benzene rings is 1. The van der Waals surface area contributed by atoms with E-state index in [0.29, 0.717) is 23.5 Å². The van der Waals surface area contributed by atoms with Crippen molar-refractivity contribution in [2.75, 3.05) is 0 Å². The third-order valence-corrected chi connectivity index (χ3v) is 11.1. The molecule has 5 rings (SSSR count). The van der Waals surface area contributed by atoms with Crippen molar-refractivity contribution in [1.82, 2.24) is 0 Å². The van der Waals surface area contributed by atoms with Gasteiger partial charge in [0.2, 0.25) is 0 Å². The number of ether oxygens (including phenoxy) is 1. The number of allylic oxidation sites excluding steroid dienone is 1. The highest BCUT2D eigenvalue weighted by Crippen LogP contribution is 2.67. The minimum absolute atomic E-state index is 0.0179. The molecule has 4 aliphatic rings. The van der Waals surface area contributed by atoms with Crippen molar-refractivity contribution in [2.24, 2.45) is 40.4 Å². The number of hydrogen-bond acceptors (Lipinski definition) is 3. The molecule has 3 nitrogen and oxygen atoms in total. The fourth-order valence-corrected chi connectivity index (χ4v) is 9.11. The molecule has 1 aromatic carbocycles. The first-order valence-electron chi connectivity index (χ1n) is 15.2. The van der Waals surface area contributed by atoms with E-state index in [2.05, 4.69) is 65.0 Å². The third kappa shape index (κ3) is 4.81. The van der Waals surface area contributed by atoms with Crippen LogP contribution in [-0.4, -0.2) is 17.4 Å². The lowest BCUT2D eigenvalue weighted by Gasteiger charge is -2.58. The highest BCUT2D eigenvalue weighted by molar-refractivity contribution is 5.94. The molecule has 208 valence electrons. The monoisotopic (exact) mass is 518 g/mol. The lowest BCUT2D eigenvalue weighted by atomic mass is 9.46. The Kier molecular flexibility index (Phi) is 6.80. The van der Waals surface area contributed by atoms with Crippen molar-refractivity contribution < 1.29 is 14.3 Å². The quantitative estimate of drug-likeness (QED) is 0.378. The number of esters is 1. The molecule has 1 aromatic rings. The number of rotatable bonds is 3. The van der Waals surface area contributed by atoms with Gasteiger partial charge in [-0.05, 0) is 123 Å². The molecule has 3 heteroatoms. The third-order valence-electron chi connectivity index (χ3n) is 11.1. The standard InChI is InChI=1S/C35H50O3/c1-32(2,3)24-11-9-22(10-12-24)19-23-21-35(8)25(20-30(23)36)13-14-26-27-15-16-29(31(37)38-33(4,5)6)34(27,7)18-17-28(26)35/h9-12,20,23,26-29H,13-19,21H2,1-8H3/t23-,26+,27+,28+,29-,34+,35+/m1/s1. The van der Waals surface area contributed by atoms with E-state index in [0.717, 1.165) is 44.9 Å². The number of carbonyl (C=O) groups excluding carboxylic acids is 2. The summed E-state index contributed by atoms with van der Waals surface area (Å²) in [4.78, 5) is 26.6. The summed E-state index contributed by atoms with van der Waals surface area (Å²) in [5, 5.41) is 0. The van der Waals surface area contributed by atoms with Crippen molar-refractivity contribution in [3.05, 3.63) is 47.0 Å². The topological polar surface area (TPSA) is 43.4 Å². The van der Waals surface area contributed by atoms with Gasteiger partial charge in [-0.3, -0.25) is 9.59 Å². The van der Waals surface area contributed by atoms with E-state index in [1.54, 1.807) is 0 Å². The SMILES string of the molecule is CC(C)(C)OC(=O)[C@H]1CC[C@H]2[C@@H]3CCC4=CC(=O)[C@H](Cc5ccc(C(C)(C)C)cc5)C[C@]4(C)[C@H]3CC[C@]12C. The van der Waals surface area contributed by atoms with Gasteiger partial charge in [-0.1, -0.05) is 64.5 Å². The van der Waals surface area contributed by atoms with Crippen molar-refractivity contribution in [3.63, 3.8) is 0 Å². The average molecular weight is 519 g/mol. The predicted molar refractivity (Wildman–Crippen MR) is 154 cm³/mol. The average Bonchev–Trinajstić information content (AvgIpc) is 3.16. The molecular formula is C35H50O3. The van der Waals surface area contributed by atoms with Gasteiger partial charge in [0.25, 0.3) is 0 Å². The summed E-state index contributed by atoms with van der Waals surface area (Å²) in [6, 6.07) is 8.96. The summed E-state index contributed by atoms with van der Waals surface area (Å²) >= 11 is 0. The van der Waals surface area contributed by atoms with Crippen LogP contribution in [0.4, 0.5) is 0 Å². The Morgan fingerprint density at radius 1 is 0.947 bits per heavy atom. The zero-order valence-corrected chi connectivity index (χ0v) is 25.2. The molecule has 0 N–H and O–H groups in total. The fourth-order valence-electron chi connectivity index (χ4n) is 9.11. The molecule has 3 fully saturated rings. The second kappa shape index (κ2) is 9.34. The van der Waals surface area contributed by atoms with Gasteiger partial charge in [-0.25, -0.2) is 0 Å². The summed E-state index contributed by atoms with van der Waals surface area (Å²) < 4.78 is 5.90. The molecule has 0 aromatic heterocycles. The molecule has 0 amide bonds. The highest BCUT2D eigenvalue weighted by Gasteiger charge is 2.61. The van der Waals surface area contributed by atoms with Gasteiger partial charge < -0.3 is 4.74 Å². The Bertz CT molecular complexity index is 1110. The first kappa shape index (κ1) is 27.7. The number of hydrogen-bond donors (Lipinski definition) is 0. The maximum Gasteiger partial charge on any atom is 0.310 e. The maximum absolute atomic E-state index is 13.3. The van der Waals surface area contributed by atoms with E-state index < -0.39 is 5.60 Å². The molecular weight excluding hydrogens is 468 g/mol. The molecule has 0 radical (unpaired) electrons. The molecule has 4 aliphatic carbocycles. The molecule has 7 atom stereocenters. The van der Waals surface area contributed by atoms with Gasteiger partial charge in [-0.15, -0.1) is 0 Å². The molecule has 38 heavy (non-hydrogen) atoms. The van der Waals surface area contributed by atoms with Crippen LogP contribution in [0.5, 0.6) is 0 Å². The number of carbonyl (C=O) groups is 2. The van der Waals surface area contributed by atoms with Crippen LogP contribution >= 0.6 is 0 Å². The Labute approximate surface area is 231 Å². The molecule has 0 spiro atoms. The zero-order chi connectivity index (χ0) is 27.7. The smallest absolute Gasteiger partial charge is 0.310 e. The van der Waals surface area contributed by atoms with E-state index in [4.69, 9.17) is 4.74 Å². The molecule has 0 aliphatic heterocycles. The van der Waals surface area contributed by atoms with E-state index >= 15 is 0 Å². The number of ketones is 1. The molecule has 0 heterocycles. The first-order chi connectivity index (χ1) is 17.6. The van der Waals surface area contributed by atoms with Gasteiger partial charge in [-0.2, -0.15) is 0 Å². The lowest BCUT2D eigenvalue weighted by Crippen LogP contribution is -2.52. The molecule has 0 unspecified atom stereocenters. The summed E-state index contributed by atoms with van der Waals surface area (Å²) in [5.41, 5.74) is 3.87. The summed E-state index contributed by atoms with van der Waals surface area (Å²) in [6.45, 7) is 17.5. The van der Waals surface area contributed by atoms with Gasteiger partial charge in [0.05, 0.1) is 5.92 Å². The predicted octanol–water partition coefficient (Wildman–Crippen LogP) is 8.24. The van der Waals surface area contributed by atoms with Crippen molar-refractivity contribution in [1.29, 1.82) is 0 Å². The van der Waals surface area contributed by atoms with E-state index in [1.165, 1.54) is 23.1 Å². The van der Waals surface area contributed by atoms with Crippen molar-refractivity contribution in [2.45, 2.75) is 118 Å². The van der Waals surface area contributed by atoms with Crippen LogP contribution < -0.4 is 0 Å². The summed E-state index contributed by atoms with van der Waals surface area (Å²) in [7, 11) is 0. The zero-order valence-electron chi connectivity index (χ0n) is 25.2. The van der Waals surface area contributed by atoms with Crippen molar-refractivity contribution in [3.8, 4) is 0 Å². The minimum atomic E-state index is -0.433. The van der Waals surface area contributed by atoms with Gasteiger partial charge in [0, 0.05) is 5.92 Å². The minimum Gasteiger partial charge on any atom is -0.460 e. The normalized spacial score (nSPS) is 37.1. The van der Waals surface area contributed by atoms with Crippen LogP contribution in [-0.2, 0) is 26.2 Å². The second-order valence-electron chi connectivity index (χ2n) is 15.7. The van der Waals surface area contributed by atoms with Gasteiger partial charge in [0.15, 0.2) is 5.78 Å². The van der Waals surface area contributed by atoms with Crippen LogP contribution in [0.25, 0.3) is 0 Å². The Morgan fingerprint density at radius 2 is 1.63 bits per heavy atom. The molecule has 0 saturated heterocycles. The summed E-state index contributed by atoms with van der Waals surface area (Å²) in [5.74, 6) is 2.27. The Morgan fingerprint density at radius 3 is 2.26 bits per heavy atom. The summed E-state index contributed by atoms with van der Waals surface area (Å²) in [6.07, 6.45) is 10.4. The van der Waals surface area contributed by atoms with E-state index in [1.807, 2.05) is 20.8 Å². The van der Waals surface area contributed by atoms with E-state index in [-0.39, 0.29) is 34.1 Å². The van der Waals surface area contributed by atoms with Crippen LogP contribution in [0.1, 0.15) is 111 Å². The van der Waals surface area contributed by atoms with Crippen LogP contribution in [0.15, 0.2) is 35.9 Å². The van der Waals surface area contributed by atoms with E-state index in [9.17, 15) is 9.59 Å². The molecule has 0 bridgehead atoms. The fraction of sp³-hybridized carbons (Fsp3) is 0.714. The Hall–Kier alpha value is -1.90. The first-order valence-corrected chi connectivity index (χ1v) is 15.2. The Balaban J connectivity index is 1.35. The van der Waals surface area contributed by atoms with Crippen molar-refractivity contribution >= 4 is 11.8 Å². The van der Waals surface area contributed by atoms with Gasteiger partial charge in [0.1, 0.15) is 5.60 Å². The second-order valence-corrected chi connectivity index (χ2v) is 15.7. The highest BCUT2D eigenvalue weighted by atomic mass is 16.6. The maximum atomic E-state index is 13.3. The van der Waals surface area contributed by atoms with Crippen LogP contribution in [0.2, 0.25) is 0 Å². The van der Waals surface area contributed by atoms with Crippen LogP contribution in [0.3, 0.4) is 0 Å². The lowest BCUT2D eigenvalue weighted by molar-refractivity contribution is -0.167. The van der Waals surface area contributed by atoms with Gasteiger partial charge >= 0.3 is 5.97 Å². The molecule has 3 saturated carbocycles. The number of fused-ring (bicyclic) bond motifs is 5. The van der Waals surface area contributed by atoms with Crippen LogP contribution in [0, 0.1) is 40.4 Å². The largest absolute Gasteiger partial charge is 0.460 e.